The SMILES string of the molecule is CCCCN(C)C(=NC)NCCC(C)c1ccccc1.I. The van der Waals surface area contributed by atoms with E-state index in [0.717, 1.165) is 25.5 Å². The van der Waals surface area contributed by atoms with Gasteiger partial charge in [-0.25, -0.2) is 0 Å². The zero-order valence-corrected chi connectivity index (χ0v) is 16.1. The van der Waals surface area contributed by atoms with Crippen LogP contribution in [-0.4, -0.2) is 38.0 Å². The molecular weight excluding hydrogens is 373 g/mol. The number of aliphatic imine (C=N–C) groups is 1. The molecule has 4 heteroatoms. The zero-order chi connectivity index (χ0) is 14.8. The molecule has 0 saturated heterocycles. The topological polar surface area (TPSA) is 27.6 Å². The summed E-state index contributed by atoms with van der Waals surface area (Å²) in [5.74, 6) is 1.57. The maximum Gasteiger partial charge on any atom is 0.193 e. The van der Waals surface area contributed by atoms with Crippen molar-refractivity contribution in [1.82, 2.24) is 10.2 Å². The van der Waals surface area contributed by atoms with E-state index >= 15 is 0 Å². The normalized spacial score (nSPS) is 12.5. The molecular formula is C17H30IN3. The summed E-state index contributed by atoms with van der Waals surface area (Å²) in [4.78, 5) is 6.55. The lowest BCUT2D eigenvalue weighted by molar-refractivity contribution is 0.462. The van der Waals surface area contributed by atoms with E-state index in [4.69, 9.17) is 0 Å². The monoisotopic (exact) mass is 403 g/mol. The highest BCUT2D eigenvalue weighted by Crippen LogP contribution is 2.17. The summed E-state index contributed by atoms with van der Waals surface area (Å²) in [5, 5.41) is 3.45. The number of hydrogen-bond acceptors (Lipinski definition) is 1. The molecule has 0 aromatic heterocycles. The highest BCUT2D eigenvalue weighted by Gasteiger charge is 2.07. The van der Waals surface area contributed by atoms with Crippen LogP contribution >= 0.6 is 24.0 Å². The Hall–Kier alpha value is -0.780. The highest BCUT2D eigenvalue weighted by molar-refractivity contribution is 14.0. The third-order valence-corrected chi connectivity index (χ3v) is 3.65. The van der Waals surface area contributed by atoms with Crippen LogP contribution in [0.5, 0.6) is 0 Å². The second-order valence-corrected chi connectivity index (χ2v) is 5.35. The van der Waals surface area contributed by atoms with Gasteiger partial charge in [0.05, 0.1) is 0 Å². The molecule has 0 aliphatic heterocycles. The number of halogens is 1. The molecule has 1 rings (SSSR count). The smallest absolute Gasteiger partial charge is 0.193 e. The minimum atomic E-state index is 0. The molecule has 120 valence electrons. The minimum Gasteiger partial charge on any atom is -0.356 e. The number of nitrogens with zero attached hydrogens (tertiary/aromatic N) is 2. The lowest BCUT2D eigenvalue weighted by Gasteiger charge is -2.22. The van der Waals surface area contributed by atoms with Crippen LogP contribution in [-0.2, 0) is 0 Å². The van der Waals surface area contributed by atoms with Gasteiger partial charge in [0.25, 0.3) is 0 Å². The molecule has 1 atom stereocenters. The Kier molecular flexibility index (Phi) is 11.4. The van der Waals surface area contributed by atoms with Crippen molar-refractivity contribution in [3.05, 3.63) is 35.9 Å². The van der Waals surface area contributed by atoms with E-state index in [1.54, 1.807) is 0 Å². The Balaban J connectivity index is 0.00000400. The van der Waals surface area contributed by atoms with E-state index in [1.807, 2.05) is 7.05 Å². The molecule has 0 heterocycles. The van der Waals surface area contributed by atoms with Gasteiger partial charge in [-0.2, -0.15) is 0 Å². The number of nitrogens with one attached hydrogen (secondary N) is 1. The van der Waals surface area contributed by atoms with Crippen LogP contribution in [0.1, 0.15) is 44.6 Å². The zero-order valence-electron chi connectivity index (χ0n) is 13.8. The Morgan fingerprint density at radius 1 is 1.29 bits per heavy atom. The molecule has 1 aromatic carbocycles. The Morgan fingerprint density at radius 2 is 1.95 bits per heavy atom. The number of rotatable bonds is 7. The predicted molar refractivity (Wildman–Crippen MR) is 104 cm³/mol. The number of guanidine groups is 1. The first-order chi connectivity index (χ1) is 9.69. The third kappa shape index (κ3) is 7.69. The van der Waals surface area contributed by atoms with Gasteiger partial charge in [0.15, 0.2) is 5.96 Å². The Labute approximate surface area is 147 Å². The van der Waals surface area contributed by atoms with Crippen molar-refractivity contribution in [3.63, 3.8) is 0 Å². The average molecular weight is 403 g/mol. The van der Waals surface area contributed by atoms with Gasteiger partial charge in [0.2, 0.25) is 0 Å². The minimum absolute atomic E-state index is 0. The fourth-order valence-electron chi connectivity index (χ4n) is 2.23. The van der Waals surface area contributed by atoms with Gasteiger partial charge in [-0.3, -0.25) is 4.99 Å². The molecule has 0 amide bonds. The van der Waals surface area contributed by atoms with Crippen LogP contribution in [0.3, 0.4) is 0 Å². The third-order valence-electron chi connectivity index (χ3n) is 3.65. The molecule has 1 N–H and O–H groups in total. The molecule has 1 aromatic rings. The van der Waals surface area contributed by atoms with Crippen molar-refractivity contribution >= 4 is 29.9 Å². The first-order valence-electron chi connectivity index (χ1n) is 7.65. The standard InChI is InChI=1S/C17H29N3.HI/c1-5-6-14-20(4)17(18-3)19-13-12-15(2)16-10-8-7-9-11-16;/h7-11,15H,5-6,12-14H2,1-4H3,(H,18,19);1H. The van der Waals surface area contributed by atoms with E-state index < -0.39 is 0 Å². The Bertz CT molecular complexity index is 392. The summed E-state index contributed by atoms with van der Waals surface area (Å²) in [6, 6.07) is 10.7. The summed E-state index contributed by atoms with van der Waals surface area (Å²) in [6.07, 6.45) is 3.54. The first-order valence-corrected chi connectivity index (χ1v) is 7.65. The number of unbranched alkanes of at least 4 members (excludes halogenated alkanes) is 1. The van der Waals surface area contributed by atoms with Crippen LogP contribution in [0.25, 0.3) is 0 Å². The van der Waals surface area contributed by atoms with Crippen molar-refractivity contribution in [3.8, 4) is 0 Å². The second-order valence-electron chi connectivity index (χ2n) is 5.35. The van der Waals surface area contributed by atoms with Crippen LogP contribution in [0.2, 0.25) is 0 Å². The van der Waals surface area contributed by atoms with E-state index in [2.05, 4.69) is 66.4 Å². The summed E-state index contributed by atoms with van der Waals surface area (Å²) in [7, 11) is 3.96. The summed E-state index contributed by atoms with van der Waals surface area (Å²) >= 11 is 0. The molecule has 0 saturated carbocycles. The van der Waals surface area contributed by atoms with E-state index in [-0.39, 0.29) is 24.0 Å². The number of benzene rings is 1. The van der Waals surface area contributed by atoms with Gasteiger partial charge in [-0.15, -0.1) is 24.0 Å². The van der Waals surface area contributed by atoms with Crippen molar-refractivity contribution in [2.75, 3.05) is 27.2 Å². The molecule has 21 heavy (non-hydrogen) atoms. The molecule has 0 spiro atoms. The molecule has 0 bridgehead atoms. The largest absolute Gasteiger partial charge is 0.356 e. The van der Waals surface area contributed by atoms with Crippen LogP contribution in [0, 0.1) is 0 Å². The lowest BCUT2D eigenvalue weighted by Crippen LogP contribution is -2.40. The second kappa shape index (κ2) is 11.8. The van der Waals surface area contributed by atoms with E-state index in [0.29, 0.717) is 5.92 Å². The van der Waals surface area contributed by atoms with Gasteiger partial charge < -0.3 is 10.2 Å². The van der Waals surface area contributed by atoms with Gasteiger partial charge in [-0.05, 0) is 24.3 Å². The molecule has 0 aliphatic rings. The fraction of sp³-hybridized carbons (Fsp3) is 0.588. The van der Waals surface area contributed by atoms with Gasteiger partial charge >= 0.3 is 0 Å². The summed E-state index contributed by atoms with van der Waals surface area (Å²) < 4.78 is 0. The highest BCUT2D eigenvalue weighted by atomic mass is 127. The molecule has 0 fully saturated rings. The van der Waals surface area contributed by atoms with Crippen LogP contribution < -0.4 is 5.32 Å². The van der Waals surface area contributed by atoms with Crippen molar-refractivity contribution in [1.29, 1.82) is 0 Å². The molecule has 1 unspecified atom stereocenters. The molecule has 0 radical (unpaired) electrons. The lowest BCUT2D eigenvalue weighted by atomic mass is 9.98. The maximum absolute atomic E-state index is 4.34. The van der Waals surface area contributed by atoms with Crippen LogP contribution in [0.4, 0.5) is 0 Å². The van der Waals surface area contributed by atoms with Gasteiger partial charge in [0.1, 0.15) is 0 Å². The Morgan fingerprint density at radius 3 is 2.52 bits per heavy atom. The first kappa shape index (κ1) is 20.2. The summed E-state index contributed by atoms with van der Waals surface area (Å²) in [6.45, 7) is 6.51. The average Bonchev–Trinajstić information content (AvgIpc) is 2.49. The maximum atomic E-state index is 4.34. The van der Waals surface area contributed by atoms with Crippen molar-refractivity contribution in [2.24, 2.45) is 4.99 Å². The van der Waals surface area contributed by atoms with E-state index in [9.17, 15) is 0 Å². The van der Waals surface area contributed by atoms with Gasteiger partial charge in [-0.1, -0.05) is 50.6 Å². The van der Waals surface area contributed by atoms with Crippen molar-refractivity contribution in [2.45, 2.75) is 39.0 Å². The molecule has 3 nitrogen and oxygen atoms in total. The van der Waals surface area contributed by atoms with Crippen molar-refractivity contribution < 1.29 is 0 Å². The molecule has 0 aliphatic carbocycles. The number of hydrogen-bond donors (Lipinski definition) is 1. The van der Waals surface area contributed by atoms with Crippen LogP contribution in [0.15, 0.2) is 35.3 Å². The van der Waals surface area contributed by atoms with Gasteiger partial charge in [0, 0.05) is 27.2 Å². The fourth-order valence-corrected chi connectivity index (χ4v) is 2.23. The predicted octanol–water partition coefficient (Wildman–Crippen LogP) is 4.11. The quantitative estimate of drug-likeness (QED) is 0.422. The summed E-state index contributed by atoms with van der Waals surface area (Å²) in [5.41, 5.74) is 1.41. The van der Waals surface area contributed by atoms with E-state index in [1.165, 1.54) is 18.4 Å².